The number of hydrogen-bond acceptors (Lipinski definition) is 4. The first-order chi connectivity index (χ1) is 11.6. The average molecular weight is 368 g/mol. The molecule has 136 valence electrons. The molecule has 2 atom stereocenters. The molecule has 0 saturated carbocycles. The number of aliphatic hydroxyl groups excluding tert-OH is 1. The van der Waals surface area contributed by atoms with E-state index in [0.717, 1.165) is 0 Å². The first-order valence-electron chi connectivity index (χ1n) is 7.73. The summed E-state index contributed by atoms with van der Waals surface area (Å²) in [6.45, 7) is 6.55. The molecule has 0 radical (unpaired) electrons. The van der Waals surface area contributed by atoms with Gasteiger partial charge in [-0.3, -0.25) is 0 Å². The van der Waals surface area contributed by atoms with E-state index in [1.807, 2.05) is 0 Å². The van der Waals surface area contributed by atoms with Crippen LogP contribution < -0.4 is 4.74 Å². The highest BCUT2D eigenvalue weighted by molar-refractivity contribution is 7.85. The molecular weight excluding hydrogens is 347 g/mol. The minimum atomic E-state index is -1.50. The summed E-state index contributed by atoms with van der Waals surface area (Å²) in [6, 6.07) is 2.58. The molecule has 0 aliphatic carbocycles. The lowest BCUT2D eigenvalue weighted by Gasteiger charge is -2.24. The van der Waals surface area contributed by atoms with E-state index in [4.69, 9.17) is 10.3 Å². The predicted molar refractivity (Wildman–Crippen MR) is 94.7 cm³/mol. The lowest BCUT2D eigenvalue weighted by Crippen LogP contribution is -2.41. The number of halogens is 1. The van der Waals surface area contributed by atoms with Crippen LogP contribution in [0.5, 0.6) is 5.75 Å². The Morgan fingerprint density at radius 1 is 1.52 bits per heavy atom. The molecule has 7 nitrogen and oxygen atoms in total. The van der Waals surface area contributed by atoms with Crippen LogP contribution >= 0.6 is 0 Å². The number of hydrogen-bond donors (Lipinski definition) is 1. The third-order valence-corrected chi connectivity index (χ3v) is 5.29. The average Bonchev–Trinajstić information content (AvgIpc) is 2.90. The molecule has 0 spiro atoms. The van der Waals surface area contributed by atoms with E-state index >= 15 is 0 Å². The lowest BCUT2D eigenvalue weighted by atomic mass is 9.97. The van der Waals surface area contributed by atoms with Gasteiger partial charge in [0.05, 0.1) is 23.6 Å². The quantitative estimate of drug-likeness (QED) is 0.373. The van der Waals surface area contributed by atoms with Gasteiger partial charge in [-0.15, -0.1) is 0 Å². The highest BCUT2D eigenvalue weighted by Crippen LogP contribution is 2.39. The van der Waals surface area contributed by atoms with Crippen LogP contribution in [0, 0.1) is 5.82 Å². The van der Waals surface area contributed by atoms with Gasteiger partial charge in [-0.05, 0) is 45.4 Å². The first kappa shape index (κ1) is 19.4. The molecule has 0 amide bonds. The molecule has 0 aromatic heterocycles. The Morgan fingerprint density at radius 3 is 2.76 bits per heavy atom. The Bertz CT molecular complexity index is 784. The van der Waals surface area contributed by atoms with Crippen LogP contribution in [-0.4, -0.2) is 38.5 Å². The topological polar surface area (TPSA) is 108 Å². The molecule has 2 unspecified atom stereocenters. The standard InChI is InChI=1S/C16H21FN4O3S/c1-10(20-25(23)15(2,3)4)13-6-12(17)5-11-7-16(9-22,8-19-21-18)24-14(11)13/h5-6,22H,7-9H2,1-4H3/b20-10+. The van der Waals surface area contributed by atoms with E-state index in [1.165, 1.54) is 12.1 Å². The van der Waals surface area contributed by atoms with Crippen LogP contribution in [0.3, 0.4) is 0 Å². The molecule has 1 N–H and O–H groups in total. The monoisotopic (exact) mass is 368 g/mol. The Labute approximate surface area is 148 Å². The summed E-state index contributed by atoms with van der Waals surface area (Å²) >= 11 is 0. The Balaban J connectivity index is 2.47. The largest absolute Gasteiger partial charge is 0.483 e. The van der Waals surface area contributed by atoms with Crippen molar-refractivity contribution >= 4 is 16.7 Å². The summed E-state index contributed by atoms with van der Waals surface area (Å²) in [5.41, 5.74) is 8.70. The molecule has 0 bridgehead atoms. The Kier molecular flexibility index (Phi) is 5.51. The van der Waals surface area contributed by atoms with Crippen LogP contribution in [0.15, 0.2) is 21.6 Å². The van der Waals surface area contributed by atoms with Crippen molar-refractivity contribution in [1.82, 2.24) is 0 Å². The summed E-state index contributed by atoms with van der Waals surface area (Å²) in [7, 11) is -1.50. The van der Waals surface area contributed by atoms with Crippen LogP contribution in [0.25, 0.3) is 10.4 Å². The summed E-state index contributed by atoms with van der Waals surface area (Å²) in [4.78, 5) is 2.69. The second kappa shape index (κ2) is 7.11. The summed E-state index contributed by atoms with van der Waals surface area (Å²) in [5, 5.41) is 13.2. The second-order valence-corrected chi connectivity index (χ2v) is 8.89. The van der Waals surface area contributed by atoms with Crippen LogP contribution in [0.1, 0.15) is 38.8 Å². The summed E-state index contributed by atoms with van der Waals surface area (Å²) in [6.07, 6.45) is 0.207. The van der Waals surface area contributed by atoms with E-state index in [1.54, 1.807) is 27.7 Å². The van der Waals surface area contributed by atoms with Crippen LogP contribution in [0.2, 0.25) is 0 Å². The van der Waals surface area contributed by atoms with E-state index in [-0.39, 0.29) is 19.6 Å². The van der Waals surface area contributed by atoms with E-state index in [0.29, 0.717) is 22.6 Å². The maximum Gasteiger partial charge on any atom is 0.145 e. The van der Waals surface area contributed by atoms with Gasteiger partial charge in [0.15, 0.2) is 0 Å². The van der Waals surface area contributed by atoms with E-state index in [9.17, 15) is 13.7 Å². The number of rotatable bonds is 5. The number of fused-ring (bicyclic) bond motifs is 1. The van der Waals surface area contributed by atoms with Crippen molar-refractivity contribution in [3.05, 3.63) is 39.5 Å². The van der Waals surface area contributed by atoms with Gasteiger partial charge < -0.3 is 9.84 Å². The molecule has 25 heavy (non-hydrogen) atoms. The molecule has 1 heterocycles. The third-order valence-electron chi connectivity index (χ3n) is 3.81. The highest BCUT2D eigenvalue weighted by atomic mass is 32.2. The summed E-state index contributed by atoms with van der Waals surface area (Å²) < 4.78 is 35.8. The van der Waals surface area contributed by atoms with Crippen LogP contribution in [0.4, 0.5) is 4.39 Å². The van der Waals surface area contributed by atoms with Crippen molar-refractivity contribution in [2.75, 3.05) is 13.2 Å². The smallest absolute Gasteiger partial charge is 0.145 e. The molecular formula is C16H21FN4O3S. The second-order valence-electron chi connectivity index (χ2n) is 6.99. The van der Waals surface area contributed by atoms with Crippen molar-refractivity contribution < 1.29 is 18.4 Å². The first-order valence-corrected chi connectivity index (χ1v) is 8.83. The normalized spacial score (nSPS) is 21.3. The van der Waals surface area contributed by atoms with Gasteiger partial charge in [0.25, 0.3) is 0 Å². The fourth-order valence-electron chi connectivity index (χ4n) is 2.47. The number of nitrogens with zero attached hydrogens (tertiary/aromatic N) is 4. The van der Waals surface area contributed by atoms with Crippen molar-refractivity contribution in [2.24, 2.45) is 9.51 Å². The number of ether oxygens (including phenoxy) is 1. The van der Waals surface area contributed by atoms with E-state index in [2.05, 4.69) is 14.4 Å². The molecule has 9 heteroatoms. The molecule has 1 aliphatic rings. The van der Waals surface area contributed by atoms with Crippen molar-refractivity contribution in [3.63, 3.8) is 0 Å². The van der Waals surface area contributed by atoms with Gasteiger partial charge in [-0.25, -0.2) is 8.60 Å². The zero-order chi connectivity index (χ0) is 18.8. The molecule has 1 aromatic carbocycles. The zero-order valence-corrected chi connectivity index (χ0v) is 15.4. The molecule has 0 fully saturated rings. The molecule has 2 rings (SSSR count). The maximum atomic E-state index is 14.0. The minimum Gasteiger partial charge on any atom is -0.483 e. The van der Waals surface area contributed by atoms with Gasteiger partial charge in [-0.2, -0.15) is 4.40 Å². The highest BCUT2D eigenvalue weighted by Gasteiger charge is 2.40. The zero-order valence-electron chi connectivity index (χ0n) is 14.6. The SMILES string of the molecule is C/C(=N\S(=O)C(C)(C)C)c1cc(F)cc2c1OC(CO)(CN=[N+]=[N-])C2. The van der Waals surface area contributed by atoms with Crippen molar-refractivity contribution in [3.8, 4) is 5.75 Å². The lowest BCUT2D eigenvalue weighted by molar-refractivity contribution is 0.0358. The Morgan fingerprint density at radius 2 is 2.20 bits per heavy atom. The van der Waals surface area contributed by atoms with Gasteiger partial charge in [0.2, 0.25) is 0 Å². The van der Waals surface area contributed by atoms with Crippen molar-refractivity contribution in [2.45, 2.75) is 44.5 Å². The number of aliphatic hydroxyl groups is 1. The fraction of sp³-hybridized carbons (Fsp3) is 0.562. The van der Waals surface area contributed by atoms with Gasteiger partial charge in [-0.1, -0.05) is 5.11 Å². The van der Waals surface area contributed by atoms with Crippen molar-refractivity contribution in [1.29, 1.82) is 0 Å². The predicted octanol–water partition coefficient (Wildman–Crippen LogP) is 3.07. The van der Waals surface area contributed by atoms with Gasteiger partial charge in [0.1, 0.15) is 28.2 Å². The summed E-state index contributed by atoms with van der Waals surface area (Å²) in [5.74, 6) is -0.110. The number of azide groups is 1. The van der Waals surface area contributed by atoms with E-state index < -0.39 is 27.2 Å². The van der Waals surface area contributed by atoms with Crippen LogP contribution in [-0.2, 0) is 17.4 Å². The van der Waals surface area contributed by atoms with Gasteiger partial charge in [0, 0.05) is 22.5 Å². The third kappa shape index (κ3) is 4.18. The minimum absolute atomic E-state index is 0.0835. The van der Waals surface area contributed by atoms with Gasteiger partial charge >= 0.3 is 0 Å². The number of benzene rings is 1. The molecule has 1 aliphatic heterocycles. The maximum absolute atomic E-state index is 14.0. The molecule has 0 saturated heterocycles. The fourth-order valence-corrected chi connectivity index (χ4v) is 3.09. The Hall–Kier alpha value is -1.96. The molecule has 1 aromatic rings.